The molecule has 2 rings (SSSR count). The van der Waals surface area contributed by atoms with Crippen LogP contribution in [0.3, 0.4) is 0 Å². The van der Waals surface area contributed by atoms with Gasteiger partial charge in [-0.1, -0.05) is 18.2 Å². The highest BCUT2D eigenvalue weighted by atomic mass is 32.2. The zero-order chi connectivity index (χ0) is 13.9. The van der Waals surface area contributed by atoms with E-state index in [0.29, 0.717) is 16.4 Å². The summed E-state index contributed by atoms with van der Waals surface area (Å²) in [6.45, 7) is 0.668. The van der Waals surface area contributed by atoms with E-state index in [1.165, 1.54) is 15.6 Å². The number of nitrogens with one attached hydrogen (secondary N) is 1. The van der Waals surface area contributed by atoms with Crippen LogP contribution in [-0.2, 0) is 16.6 Å². The minimum absolute atomic E-state index is 0.365. The van der Waals surface area contributed by atoms with Crippen molar-refractivity contribution in [3.05, 3.63) is 47.3 Å². The first-order valence-electron chi connectivity index (χ1n) is 5.81. The van der Waals surface area contributed by atoms with Crippen LogP contribution >= 0.6 is 11.3 Å². The summed E-state index contributed by atoms with van der Waals surface area (Å²) in [7, 11) is -0.0586. The Balaban J connectivity index is 2.31. The Labute approximate surface area is 117 Å². The first-order valence-corrected chi connectivity index (χ1v) is 8.13. The molecule has 0 aliphatic carbocycles. The Morgan fingerprint density at radius 2 is 1.95 bits per heavy atom. The molecule has 2 aromatic rings. The number of sulfonamides is 1. The first-order chi connectivity index (χ1) is 9.05. The second kappa shape index (κ2) is 5.73. The van der Waals surface area contributed by atoms with Gasteiger partial charge in [-0.25, -0.2) is 8.42 Å². The molecule has 19 heavy (non-hydrogen) atoms. The molecule has 1 N–H and O–H groups in total. The molecule has 4 nitrogen and oxygen atoms in total. The lowest BCUT2D eigenvalue weighted by Crippen LogP contribution is -2.25. The van der Waals surface area contributed by atoms with Crippen LogP contribution < -0.4 is 9.62 Å². The number of benzene rings is 1. The molecule has 0 unspecified atom stereocenters. The van der Waals surface area contributed by atoms with Crippen molar-refractivity contribution in [3.63, 3.8) is 0 Å². The average Bonchev–Trinajstić information content (AvgIpc) is 2.89. The largest absolute Gasteiger partial charge is 0.316 e. The summed E-state index contributed by atoms with van der Waals surface area (Å²) in [5, 5.41) is 4.87. The molecule has 1 aromatic carbocycles. The molecular formula is C13H16N2O2S2. The second-order valence-corrected chi connectivity index (χ2v) is 7.22. The number of hydrogen-bond donors (Lipinski definition) is 1. The third-order valence-electron chi connectivity index (χ3n) is 2.75. The number of thiophene rings is 1. The highest BCUT2D eigenvalue weighted by Crippen LogP contribution is 2.26. The van der Waals surface area contributed by atoms with Crippen molar-refractivity contribution in [2.45, 2.75) is 10.8 Å². The van der Waals surface area contributed by atoms with Gasteiger partial charge >= 0.3 is 0 Å². The van der Waals surface area contributed by atoms with Crippen molar-refractivity contribution in [3.8, 4) is 0 Å². The first kappa shape index (κ1) is 14.0. The van der Waals surface area contributed by atoms with Gasteiger partial charge in [0.1, 0.15) is 4.21 Å². The van der Waals surface area contributed by atoms with Gasteiger partial charge in [-0.2, -0.15) is 0 Å². The Bertz CT molecular complexity index is 636. The number of hydrogen-bond acceptors (Lipinski definition) is 4. The molecule has 0 spiro atoms. The van der Waals surface area contributed by atoms with Crippen LogP contribution in [0.25, 0.3) is 0 Å². The van der Waals surface area contributed by atoms with Crippen molar-refractivity contribution >= 4 is 27.0 Å². The monoisotopic (exact) mass is 296 g/mol. The zero-order valence-corrected chi connectivity index (χ0v) is 12.5. The predicted octanol–water partition coefficient (Wildman–Crippen LogP) is 2.29. The van der Waals surface area contributed by atoms with E-state index in [1.807, 2.05) is 30.6 Å². The van der Waals surface area contributed by atoms with Crippen molar-refractivity contribution < 1.29 is 8.42 Å². The van der Waals surface area contributed by atoms with Crippen LogP contribution in [0.4, 0.5) is 5.69 Å². The van der Waals surface area contributed by atoms with Gasteiger partial charge in [0.05, 0.1) is 5.69 Å². The van der Waals surface area contributed by atoms with Gasteiger partial charge in [-0.15, -0.1) is 11.3 Å². The lowest BCUT2D eigenvalue weighted by Gasteiger charge is -2.18. The van der Waals surface area contributed by atoms with E-state index in [4.69, 9.17) is 0 Å². The van der Waals surface area contributed by atoms with Crippen molar-refractivity contribution in [2.24, 2.45) is 0 Å². The number of anilines is 1. The normalized spacial score (nSPS) is 11.5. The average molecular weight is 296 g/mol. The van der Waals surface area contributed by atoms with Crippen LogP contribution in [0.5, 0.6) is 0 Å². The van der Waals surface area contributed by atoms with E-state index in [9.17, 15) is 8.42 Å². The summed E-state index contributed by atoms with van der Waals surface area (Å²) < 4.78 is 26.6. The molecule has 1 aromatic heterocycles. The fourth-order valence-electron chi connectivity index (χ4n) is 1.70. The minimum Gasteiger partial charge on any atom is -0.316 e. The van der Waals surface area contributed by atoms with Gasteiger partial charge in [0.25, 0.3) is 10.0 Å². The Morgan fingerprint density at radius 3 is 2.58 bits per heavy atom. The molecule has 0 bridgehead atoms. The third-order valence-corrected chi connectivity index (χ3v) is 5.99. The van der Waals surface area contributed by atoms with E-state index in [1.54, 1.807) is 25.2 Å². The van der Waals surface area contributed by atoms with E-state index < -0.39 is 10.0 Å². The van der Waals surface area contributed by atoms with Crippen LogP contribution in [0.2, 0.25) is 0 Å². The van der Waals surface area contributed by atoms with Gasteiger partial charge in [0.2, 0.25) is 0 Å². The smallest absolute Gasteiger partial charge is 0.273 e. The van der Waals surface area contributed by atoms with Gasteiger partial charge in [0.15, 0.2) is 0 Å². The van der Waals surface area contributed by atoms with Crippen LogP contribution in [-0.4, -0.2) is 22.5 Å². The number of nitrogens with zero attached hydrogens (tertiary/aromatic N) is 1. The van der Waals surface area contributed by atoms with Gasteiger partial charge in [-0.05, 0) is 36.2 Å². The van der Waals surface area contributed by atoms with E-state index >= 15 is 0 Å². The number of rotatable bonds is 5. The lowest BCUT2D eigenvalue weighted by molar-refractivity contribution is 0.596. The molecule has 1 heterocycles. The van der Waals surface area contributed by atoms with Crippen molar-refractivity contribution in [1.82, 2.24) is 5.32 Å². The molecule has 102 valence electrons. The second-order valence-electron chi connectivity index (χ2n) is 4.11. The molecule has 0 aliphatic heterocycles. The third kappa shape index (κ3) is 2.97. The molecule has 0 fully saturated rings. The highest BCUT2D eigenvalue weighted by Gasteiger charge is 2.22. The Hall–Kier alpha value is -1.37. The van der Waals surface area contributed by atoms with Crippen LogP contribution in [0.1, 0.15) is 5.56 Å². The summed E-state index contributed by atoms with van der Waals surface area (Å²) in [6, 6.07) is 10.8. The summed E-state index contributed by atoms with van der Waals surface area (Å²) in [5.74, 6) is 0. The standard InChI is InChI=1S/C13H16N2O2S2/c1-14-9-11-8-13(18-10-11)19(16,17)15(2)12-6-4-3-5-7-12/h3-8,10,14H,9H2,1-2H3. The van der Waals surface area contributed by atoms with Crippen molar-refractivity contribution in [1.29, 1.82) is 0 Å². The minimum atomic E-state index is -3.47. The van der Waals surface area contributed by atoms with E-state index in [-0.39, 0.29) is 0 Å². The molecule has 6 heteroatoms. The number of para-hydroxylation sites is 1. The summed E-state index contributed by atoms with van der Waals surface area (Å²) >= 11 is 1.25. The maximum atomic E-state index is 12.5. The SMILES string of the molecule is CNCc1csc(S(=O)(=O)N(C)c2ccccc2)c1. The molecule has 0 aliphatic rings. The summed E-state index contributed by atoms with van der Waals surface area (Å²) in [4.78, 5) is 0. The maximum absolute atomic E-state index is 12.5. The molecular weight excluding hydrogens is 280 g/mol. The maximum Gasteiger partial charge on any atom is 0.273 e. The van der Waals surface area contributed by atoms with E-state index in [2.05, 4.69) is 5.32 Å². The topological polar surface area (TPSA) is 49.4 Å². The zero-order valence-electron chi connectivity index (χ0n) is 10.8. The lowest BCUT2D eigenvalue weighted by atomic mass is 10.3. The fraction of sp³-hybridized carbons (Fsp3) is 0.231. The van der Waals surface area contributed by atoms with Gasteiger partial charge < -0.3 is 5.32 Å². The van der Waals surface area contributed by atoms with E-state index in [0.717, 1.165) is 5.56 Å². The fourth-order valence-corrected chi connectivity index (χ4v) is 4.27. The molecule has 0 saturated heterocycles. The molecule has 0 atom stereocenters. The van der Waals surface area contributed by atoms with Crippen LogP contribution in [0, 0.1) is 0 Å². The summed E-state index contributed by atoms with van der Waals surface area (Å²) in [5.41, 5.74) is 1.64. The molecule has 0 saturated carbocycles. The highest BCUT2D eigenvalue weighted by molar-refractivity contribution is 7.94. The quantitative estimate of drug-likeness (QED) is 0.921. The van der Waals surface area contributed by atoms with Gasteiger partial charge in [0, 0.05) is 13.6 Å². The molecule has 0 radical (unpaired) electrons. The van der Waals surface area contributed by atoms with Crippen molar-refractivity contribution in [2.75, 3.05) is 18.4 Å². The van der Waals surface area contributed by atoms with Gasteiger partial charge in [-0.3, -0.25) is 4.31 Å². The molecule has 0 amide bonds. The Kier molecular flexibility index (Phi) is 4.24. The Morgan fingerprint density at radius 1 is 1.26 bits per heavy atom. The summed E-state index contributed by atoms with van der Waals surface area (Å²) in [6.07, 6.45) is 0. The predicted molar refractivity (Wildman–Crippen MR) is 79.1 cm³/mol. The van der Waals surface area contributed by atoms with Crippen LogP contribution in [0.15, 0.2) is 46.0 Å².